The van der Waals surface area contributed by atoms with Crippen LogP contribution >= 0.6 is 0 Å². The van der Waals surface area contributed by atoms with Crippen molar-refractivity contribution in [2.24, 2.45) is 0 Å². The lowest BCUT2D eigenvalue weighted by molar-refractivity contribution is 0.0543. The van der Waals surface area contributed by atoms with Gasteiger partial charge in [0, 0.05) is 13.1 Å². The first-order valence-electron chi connectivity index (χ1n) is 7.55. The van der Waals surface area contributed by atoms with E-state index >= 15 is 0 Å². The van der Waals surface area contributed by atoms with E-state index in [1.165, 1.54) is 6.42 Å². The van der Waals surface area contributed by atoms with Crippen LogP contribution in [0.2, 0.25) is 0 Å². The largest absolute Gasteiger partial charge is 0.447 e. The van der Waals surface area contributed by atoms with E-state index in [0.717, 1.165) is 25.7 Å². The first-order valence-corrected chi connectivity index (χ1v) is 7.55. The molecule has 1 amide bonds. The summed E-state index contributed by atoms with van der Waals surface area (Å²) in [6.45, 7) is -0.320. The van der Waals surface area contributed by atoms with Crippen molar-refractivity contribution in [1.29, 1.82) is 5.26 Å². The van der Waals surface area contributed by atoms with Gasteiger partial charge in [0.05, 0.1) is 11.1 Å². The molecule has 0 atom stereocenters. The molecule has 22 heavy (non-hydrogen) atoms. The molecule has 1 saturated carbocycles. The summed E-state index contributed by atoms with van der Waals surface area (Å²) in [6.07, 6.45) is 5.49. The summed E-state index contributed by atoms with van der Waals surface area (Å²) in [5.41, 5.74) is 0.545. The van der Waals surface area contributed by atoms with Gasteiger partial charge in [-0.2, -0.15) is 5.26 Å². The molecule has 1 fully saturated rings. The highest BCUT2D eigenvalue weighted by atomic mass is 16.5. The minimum Gasteiger partial charge on any atom is -0.447 e. The van der Waals surface area contributed by atoms with E-state index in [0.29, 0.717) is 5.56 Å². The van der Waals surface area contributed by atoms with Crippen molar-refractivity contribution < 1.29 is 14.3 Å². The van der Waals surface area contributed by atoms with Crippen LogP contribution in [0.3, 0.4) is 0 Å². The molecule has 5 nitrogen and oxygen atoms in total. The third kappa shape index (κ3) is 3.64. The van der Waals surface area contributed by atoms with Crippen LogP contribution in [0.25, 0.3) is 0 Å². The van der Waals surface area contributed by atoms with Gasteiger partial charge in [0.25, 0.3) is 5.91 Å². The number of benzene rings is 1. The van der Waals surface area contributed by atoms with Gasteiger partial charge in [-0.1, -0.05) is 31.4 Å². The number of amides is 1. The number of nitriles is 1. The Kier molecular flexibility index (Phi) is 5.54. The quantitative estimate of drug-likeness (QED) is 0.802. The van der Waals surface area contributed by atoms with Crippen LogP contribution in [0.4, 0.5) is 0 Å². The maximum Gasteiger partial charge on any atom is 0.339 e. The molecule has 5 heteroatoms. The molecule has 0 aliphatic heterocycles. The second-order valence-electron chi connectivity index (χ2n) is 5.49. The number of rotatable bonds is 4. The van der Waals surface area contributed by atoms with E-state index in [1.807, 2.05) is 0 Å². The molecule has 0 radical (unpaired) electrons. The number of esters is 1. The molecule has 0 unspecified atom stereocenters. The fraction of sp³-hybridized carbons (Fsp3) is 0.471. The Balaban J connectivity index is 2.18. The summed E-state index contributed by atoms with van der Waals surface area (Å²) in [5.74, 6) is -0.807. The Labute approximate surface area is 130 Å². The number of hydrogen-bond donors (Lipinski definition) is 0. The van der Waals surface area contributed by atoms with E-state index in [9.17, 15) is 9.59 Å². The van der Waals surface area contributed by atoms with E-state index in [1.54, 1.807) is 42.3 Å². The summed E-state index contributed by atoms with van der Waals surface area (Å²) in [6, 6.07) is 8.57. The number of ether oxygens (including phenoxy) is 1. The maximum atomic E-state index is 12.7. The molecule has 2 rings (SSSR count). The fourth-order valence-corrected chi connectivity index (χ4v) is 2.85. The molecule has 0 saturated heterocycles. The molecule has 0 aromatic heterocycles. The number of hydrogen-bond acceptors (Lipinski definition) is 4. The van der Waals surface area contributed by atoms with Gasteiger partial charge in [0.1, 0.15) is 6.07 Å². The van der Waals surface area contributed by atoms with Crippen LogP contribution in [0.5, 0.6) is 0 Å². The minimum absolute atomic E-state index is 0.170. The highest BCUT2D eigenvalue weighted by molar-refractivity contribution is 6.05. The zero-order valence-electron chi connectivity index (χ0n) is 12.7. The molecule has 1 aliphatic rings. The van der Waals surface area contributed by atoms with Gasteiger partial charge >= 0.3 is 5.97 Å². The first-order chi connectivity index (χ1) is 10.6. The average molecular weight is 300 g/mol. The van der Waals surface area contributed by atoms with E-state index in [-0.39, 0.29) is 24.1 Å². The molecule has 0 bridgehead atoms. The second kappa shape index (κ2) is 7.60. The lowest BCUT2D eigenvalue weighted by atomic mass is 9.94. The van der Waals surface area contributed by atoms with Gasteiger partial charge in [-0.3, -0.25) is 4.79 Å². The van der Waals surface area contributed by atoms with Crippen LogP contribution in [-0.2, 0) is 4.74 Å². The lowest BCUT2D eigenvalue weighted by Gasteiger charge is -2.31. The van der Waals surface area contributed by atoms with Crippen molar-refractivity contribution in [3.05, 3.63) is 35.4 Å². The predicted octanol–water partition coefficient (Wildman–Crippen LogP) is 2.77. The van der Waals surface area contributed by atoms with E-state index < -0.39 is 5.97 Å². The van der Waals surface area contributed by atoms with Crippen LogP contribution in [0.1, 0.15) is 52.8 Å². The normalized spacial score (nSPS) is 14.9. The standard InChI is InChI=1S/C17H20N2O3/c1-19(13-7-3-2-4-8-13)16(20)14-9-5-6-10-15(14)17(21)22-12-11-18/h5-6,9-10,13H,2-4,7-8,12H2,1H3. The van der Waals surface area contributed by atoms with Crippen LogP contribution in [-0.4, -0.2) is 36.5 Å². The zero-order valence-corrected chi connectivity index (χ0v) is 12.7. The molecule has 116 valence electrons. The Morgan fingerprint density at radius 2 is 1.86 bits per heavy atom. The fourth-order valence-electron chi connectivity index (χ4n) is 2.85. The third-order valence-electron chi connectivity index (χ3n) is 4.09. The summed E-state index contributed by atoms with van der Waals surface area (Å²) in [4.78, 5) is 26.4. The average Bonchev–Trinajstić information content (AvgIpc) is 2.59. The van der Waals surface area contributed by atoms with Gasteiger partial charge in [-0.15, -0.1) is 0 Å². The Morgan fingerprint density at radius 3 is 2.50 bits per heavy atom. The molecule has 1 aromatic rings. The third-order valence-corrected chi connectivity index (χ3v) is 4.09. The lowest BCUT2D eigenvalue weighted by Crippen LogP contribution is -2.39. The van der Waals surface area contributed by atoms with Crippen LogP contribution < -0.4 is 0 Å². The molecule has 0 N–H and O–H groups in total. The van der Waals surface area contributed by atoms with Gasteiger partial charge in [-0.25, -0.2) is 4.79 Å². The van der Waals surface area contributed by atoms with Crippen molar-refractivity contribution in [3.8, 4) is 6.07 Å². The first kappa shape index (κ1) is 16.0. The van der Waals surface area contributed by atoms with Gasteiger partial charge in [0.2, 0.25) is 0 Å². The number of carbonyl (C=O) groups excluding carboxylic acids is 2. The Morgan fingerprint density at radius 1 is 1.23 bits per heavy atom. The smallest absolute Gasteiger partial charge is 0.339 e. The van der Waals surface area contributed by atoms with E-state index in [2.05, 4.69) is 0 Å². The highest BCUT2D eigenvalue weighted by Crippen LogP contribution is 2.23. The molecular weight excluding hydrogens is 280 g/mol. The second-order valence-corrected chi connectivity index (χ2v) is 5.49. The molecule has 1 aliphatic carbocycles. The summed E-state index contributed by atoms with van der Waals surface area (Å²) >= 11 is 0. The van der Waals surface area contributed by atoms with Crippen molar-refractivity contribution >= 4 is 11.9 Å². The molecule has 1 aromatic carbocycles. The predicted molar refractivity (Wildman–Crippen MR) is 81.3 cm³/mol. The zero-order chi connectivity index (χ0) is 15.9. The van der Waals surface area contributed by atoms with Crippen LogP contribution in [0, 0.1) is 11.3 Å². The minimum atomic E-state index is -0.637. The van der Waals surface area contributed by atoms with Crippen molar-refractivity contribution in [1.82, 2.24) is 4.90 Å². The van der Waals surface area contributed by atoms with E-state index in [4.69, 9.17) is 10.00 Å². The molecular formula is C17H20N2O3. The molecule has 0 heterocycles. The monoisotopic (exact) mass is 300 g/mol. The summed E-state index contributed by atoms with van der Waals surface area (Å²) in [7, 11) is 1.79. The van der Waals surface area contributed by atoms with Crippen LogP contribution in [0.15, 0.2) is 24.3 Å². The summed E-state index contributed by atoms with van der Waals surface area (Å²) in [5, 5.41) is 8.50. The van der Waals surface area contributed by atoms with Crippen molar-refractivity contribution in [2.45, 2.75) is 38.1 Å². The Bertz CT molecular complexity index is 586. The topological polar surface area (TPSA) is 70.4 Å². The number of nitrogens with zero attached hydrogens (tertiary/aromatic N) is 2. The maximum absolute atomic E-state index is 12.7. The molecule has 0 spiro atoms. The van der Waals surface area contributed by atoms with Gasteiger partial charge in [-0.05, 0) is 25.0 Å². The van der Waals surface area contributed by atoms with Crippen molar-refractivity contribution in [3.63, 3.8) is 0 Å². The van der Waals surface area contributed by atoms with Crippen molar-refractivity contribution in [2.75, 3.05) is 13.7 Å². The SMILES string of the molecule is CN(C(=O)c1ccccc1C(=O)OCC#N)C1CCCCC1. The summed E-state index contributed by atoms with van der Waals surface area (Å²) < 4.78 is 4.82. The number of carbonyl (C=O) groups is 2. The highest BCUT2D eigenvalue weighted by Gasteiger charge is 2.26. The van der Waals surface area contributed by atoms with Gasteiger partial charge < -0.3 is 9.64 Å². The Hall–Kier alpha value is -2.35. The van der Waals surface area contributed by atoms with Gasteiger partial charge in [0.15, 0.2) is 6.61 Å².